The summed E-state index contributed by atoms with van der Waals surface area (Å²) < 4.78 is 1.20. The highest BCUT2D eigenvalue weighted by atomic mass is 35.5. The number of hydrazone groups is 1. The van der Waals surface area contributed by atoms with E-state index in [0.717, 1.165) is 17.3 Å². The maximum atomic E-state index is 12.2. The highest BCUT2D eigenvalue weighted by molar-refractivity contribution is 7.99. The molecule has 0 fully saturated rings. The molecule has 0 saturated carbocycles. The van der Waals surface area contributed by atoms with Gasteiger partial charge in [0.05, 0.1) is 12.0 Å². The first-order valence-corrected chi connectivity index (χ1v) is 10.3. The molecular formula is C19H19ClN8O2S. The number of thioether (sulfide) groups is 1. The predicted octanol–water partition coefficient (Wildman–Crippen LogP) is 2.78. The van der Waals surface area contributed by atoms with Crippen molar-refractivity contribution in [1.82, 2.24) is 14.9 Å². The molecule has 0 aliphatic rings. The summed E-state index contributed by atoms with van der Waals surface area (Å²) in [6.45, 7) is 1.41. The van der Waals surface area contributed by atoms with E-state index in [4.69, 9.17) is 17.4 Å². The zero-order valence-electron chi connectivity index (χ0n) is 16.4. The molecule has 0 aliphatic carbocycles. The van der Waals surface area contributed by atoms with Crippen LogP contribution in [0.3, 0.4) is 0 Å². The molecular weight excluding hydrogens is 440 g/mol. The van der Waals surface area contributed by atoms with Gasteiger partial charge in [0.25, 0.3) is 5.95 Å². The van der Waals surface area contributed by atoms with Crippen LogP contribution in [-0.2, 0) is 9.59 Å². The quantitative estimate of drug-likeness (QED) is 0.176. The van der Waals surface area contributed by atoms with Gasteiger partial charge in [0.2, 0.25) is 17.0 Å². The Kier molecular flexibility index (Phi) is 7.46. The highest BCUT2D eigenvalue weighted by Crippen LogP contribution is 2.19. The lowest BCUT2D eigenvalue weighted by Gasteiger charge is -2.07. The number of halogens is 1. The first-order valence-electron chi connectivity index (χ1n) is 8.96. The molecule has 0 saturated heterocycles. The van der Waals surface area contributed by atoms with Crippen molar-refractivity contribution < 1.29 is 9.59 Å². The largest absolute Gasteiger partial charge is 0.334 e. The number of benzene rings is 2. The Morgan fingerprint density at radius 1 is 1.16 bits per heavy atom. The van der Waals surface area contributed by atoms with Crippen LogP contribution in [-0.4, -0.2) is 38.7 Å². The molecule has 12 heteroatoms. The molecule has 0 unspecified atom stereocenters. The third-order valence-electron chi connectivity index (χ3n) is 3.71. The van der Waals surface area contributed by atoms with Crippen LogP contribution in [0.1, 0.15) is 12.5 Å². The normalized spacial score (nSPS) is 10.8. The number of carbonyl (C=O) groups excluding carboxylic acids is 2. The second-order valence-electron chi connectivity index (χ2n) is 6.20. The fraction of sp³-hybridized carbons (Fsp3) is 0.105. The van der Waals surface area contributed by atoms with Crippen LogP contribution < -0.4 is 21.9 Å². The smallest absolute Gasteiger partial charge is 0.264 e. The van der Waals surface area contributed by atoms with Gasteiger partial charge in [-0.3, -0.25) is 9.59 Å². The van der Waals surface area contributed by atoms with Crippen LogP contribution in [0.2, 0.25) is 5.02 Å². The molecule has 10 nitrogen and oxygen atoms in total. The van der Waals surface area contributed by atoms with Gasteiger partial charge < -0.3 is 16.5 Å². The predicted molar refractivity (Wildman–Crippen MR) is 123 cm³/mol. The summed E-state index contributed by atoms with van der Waals surface area (Å²) in [6, 6.07) is 14.0. The third kappa shape index (κ3) is 6.73. The number of aromatic nitrogens is 3. The average molecular weight is 459 g/mol. The van der Waals surface area contributed by atoms with Crippen molar-refractivity contribution in [3.63, 3.8) is 0 Å². The van der Waals surface area contributed by atoms with E-state index in [1.165, 1.54) is 11.6 Å². The van der Waals surface area contributed by atoms with E-state index in [0.29, 0.717) is 21.6 Å². The Bertz CT molecular complexity index is 1100. The number of nitrogens with zero attached hydrogens (tertiary/aromatic N) is 4. The van der Waals surface area contributed by atoms with Crippen molar-refractivity contribution in [1.29, 1.82) is 0 Å². The number of nitrogens with two attached hydrogens (primary N) is 1. The molecule has 2 amide bonds. The summed E-state index contributed by atoms with van der Waals surface area (Å²) >= 11 is 6.96. The minimum Gasteiger partial charge on any atom is -0.334 e. The first kappa shape index (κ1) is 22.1. The minimum absolute atomic E-state index is 0.0632. The van der Waals surface area contributed by atoms with E-state index < -0.39 is 0 Å². The van der Waals surface area contributed by atoms with Crippen molar-refractivity contribution in [2.24, 2.45) is 5.10 Å². The highest BCUT2D eigenvalue weighted by Gasteiger charge is 2.12. The van der Waals surface area contributed by atoms with E-state index in [1.807, 2.05) is 12.1 Å². The first-order chi connectivity index (χ1) is 14.9. The number of rotatable bonds is 8. The fourth-order valence-electron chi connectivity index (χ4n) is 2.37. The van der Waals surface area contributed by atoms with Crippen molar-refractivity contribution in [3.8, 4) is 0 Å². The van der Waals surface area contributed by atoms with E-state index in [9.17, 15) is 9.59 Å². The van der Waals surface area contributed by atoms with Gasteiger partial charge in [-0.1, -0.05) is 41.6 Å². The molecule has 160 valence electrons. The van der Waals surface area contributed by atoms with Crippen LogP contribution in [0.25, 0.3) is 0 Å². The molecule has 3 rings (SSSR count). The molecule has 0 bridgehead atoms. The summed E-state index contributed by atoms with van der Waals surface area (Å²) in [5.74, 6) is 5.78. The summed E-state index contributed by atoms with van der Waals surface area (Å²) in [5, 5.41) is 18.3. The Morgan fingerprint density at radius 2 is 1.87 bits per heavy atom. The molecule has 2 aromatic carbocycles. The standard InChI is InChI=1S/C19H19ClN8O2S/c1-12(29)23-15-3-2-4-16(9-15)24-17(30)11-31-19-27-26-18(28(19)21)25-22-10-13-5-7-14(20)8-6-13/h2-10H,11,21H2,1H3,(H,23,29)(H,24,30)(H,25,26)/b22-10+. The van der Waals surface area contributed by atoms with E-state index in [2.05, 4.69) is 31.4 Å². The van der Waals surface area contributed by atoms with Crippen molar-refractivity contribution in [2.45, 2.75) is 12.1 Å². The number of hydrogen-bond acceptors (Lipinski definition) is 8. The summed E-state index contributed by atoms with van der Waals surface area (Å²) in [5.41, 5.74) is 4.69. The van der Waals surface area contributed by atoms with Gasteiger partial charge in [0, 0.05) is 23.3 Å². The number of nitrogens with one attached hydrogen (secondary N) is 3. The molecule has 0 radical (unpaired) electrons. The van der Waals surface area contributed by atoms with Crippen molar-refractivity contribution >= 4 is 58.7 Å². The summed E-state index contributed by atoms with van der Waals surface area (Å²) in [7, 11) is 0. The SMILES string of the molecule is CC(=O)Nc1cccc(NC(=O)CSc2nnc(N/N=C/c3ccc(Cl)cc3)n2N)c1. The van der Waals surface area contributed by atoms with Crippen LogP contribution in [0.5, 0.6) is 0 Å². The Balaban J connectivity index is 1.51. The lowest BCUT2D eigenvalue weighted by molar-refractivity contribution is -0.114. The fourth-order valence-corrected chi connectivity index (χ4v) is 3.15. The maximum absolute atomic E-state index is 12.2. The molecule has 0 spiro atoms. The lowest BCUT2D eigenvalue weighted by atomic mass is 10.2. The van der Waals surface area contributed by atoms with E-state index >= 15 is 0 Å². The second kappa shape index (κ2) is 10.5. The molecule has 5 N–H and O–H groups in total. The van der Waals surface area contributed by atoms with Crippen LogP contribution >= 0.6 is 23.4 Å². The van der Waals surface area contributed by atoms with Gasteiger partial charge in [-0.2, -0.15) is 5.10 Å². The van der Waals surface area contributed by atoms with Gasteiger partial charge in [-0.15, -0.1) is 10.2 Å². The zero-order chi connectivity index (χ0) is 22.2. The van der Waals surface area contributed by atoms with Gasteiger partial charge in [0.1, 0.15) is 0 Å². The average Bonchev–Trinajstić information content (AvgIpc) is 3.07. The maximum Gasteiger partial charge on any atom is 0.264 e. The number of anilines is 3. The second-order valence-corrected chi connectivity index (χ2v) is 7.58. The summed E-state index contributed by atoms with van der Waals surface area (Å²) in [6.07, 6.45) is 1.58. The third-order valence-corrected chi connectivity index (χ3v) is 4.91. The number of nitrogen functional groups attached to an aromatic ring is 1. The zero-order valence-corrected chi connectivity index (χ0v) is 17.9. The monoisotopic (exact) mass is 458 g/mol. The van der Waals surface area contributed by atoms with Crippen LogP contribution in [0.4, 0.5) is 17.3 Å². The topological polar surface area (TPSA) is 139 Å². The van der Waals surface area contributed by atoms with E-state index in [1.54, 1.807) is 42.6 Å². The van der Waals surface area contributed by atoms with Crippen molar-refractivity contribution in [3.05, 3.63) is 59.1 Å². The van der Waals surface area contributed by atoms with Crippen molar-refractivity contribution in [2.75, 3.05) is 27.7 Å². The Labute approximate surface area is 187 Å². The Morgan fingerprint density at radius 3 is 2.58 bits per heavy atom. The molecule has 1 heterocycles. The molecule has 0 aliphatic heterocycles. The lowest BCUT2D eigenvalue weighted by Crippen LogP contribution is -2.17. The number of carbonyl (C=O) groups is 2. The molecule has 31 heavy (non-hydrogen) atoms. The molecule has 3 aromatic rings. The Hall–Kier alpha value is -3.57. The number of amides is 2. The van der Waals surface area contributed by atoms with E-state index in [-0.39, 0.29) is 23.5 Å². The van der Waals surface area contributed by atoms with Gasteiger partial charge in [-0.05, 0) is 35.9 Å². The molecule has 0 atom stereocenters. The number of hydrogen-bond donors (Lipinski definition) is 4. The minimum atomic E-state index is -0.261. The van der Waals surface area contributed by atoms with Crippen LogP contribution in [0, 0.1) is 0 Å². The molecule has 1 aromatic heterocycles. The summed E-state index contributed by atoms with van der Waals surface area (Å²) in [4.78, 5) is 23.4. The van der Waals surface area contributed by atoms with Gasteiger partial charge >= 0.3 is 0 Å². The van der Waals surface area contributed by atoms with Gasteiger partial charge in [0.15, 0.2) is 0 Å². The van der Waals surface area contributed by atoms with Gasteiger partial charge in [-0.25, -0.2) is 10.1 Å². The van der Waals surface area contributed by atoms with Crippen LogP contribution in [0.15, 0.2) is 58.8 Å².